The molecule has 0 saturated carbocycles. The summed E-state index contributed by atoms with van der Waals surface area (Å²) >= 11 is -1.60. The van der Waals surface area contributed by atoms with Crippen LogP contribution in [0.15, 0.2) is 28.7 Å². The predicted molar refractivity (Wildman–Crippen MR) is 99.7 cm³/mol. The first-order valence-electron chi connectivity index (χ1n) is 8.06. The average Bonchev–Trinajstić information content (AvgIpc) is 2.42. The highest BCUT2D eigenvalue weighted by Gasteiger charge is 2.30. The molecule has 2 atom stereocenters. The third-order valence-corrected chi connectivity index (χ3v) is 4.41. The SMILES string of the molecule is C[C@H](NC(=O)OC(C)(C)C)/C(=N/[S+]([O-])C(C)(C)C)c1ccccc1F. The van der Waals surface area contributed by atoms with E-state index in [1.807, 2.05) is 0 Å². The zero-order chi connectivity index (χ0) is 19.4. The van der Waals surface area contributed by atoms with Crippen molar-refractivity contribution < 1.29 is 18.5 Å². The molecule has 5 nitrogen and oxygen atoms in total. The zero-order valence-corrected chi connectivity index (χ0v) is 16.7. The van der Waals surface area contributed by atoms with E-state index in [-0.39, 0.29) is 11.3 Å². The van der Waals surface area contributed by atoms with Crippen LogP contribution in [0.25, 0.3) is 0 Å². The lowest BCUT2D eigenvalue weighted by Crippen LogP contribution is -2.43. The van der Waals surface area contributed by atoms with Gasteiger partial charge in [-0.3, -0.25) is 0 Å². The summed E-state index contributed by atoms with van der Waals surface area (Å²) in [6, 6.07) is 5.38. The molecule has 1 unspecified atom stereocenters. The van der Waals surface area contributed by atoms with Crippen LogP contribution in [0.1, 0.15) is 54.0 Å². The first kappa shape index (κ1) is 21.4. The normalized spacial score (nSPS) is 15.5. The van der Waals surface area contributed by atoms with E-state index in [1.54, 1.807) is 66.7 Å². The van der Waals surface area contributed by atoms with Gasteiger partial charge >= 0.3 is 6.09 Å². The van der Waals surface area contributed by atoms with Crippen LogP contribution in [0, 0.1) is 5.82 Å². The van der Waals surface area contributed by atoms with E-state index in [1.165, 1.54) is 6.07 Å². The molecule has 1 aromatic carbocycles. The third kappa shape index (κ3) is 7.04. The van der Waals surface area contributed by atoms with Gasteiger partial charge < -0.3 is 14.6 Å². The Morgan fingerprint density at radius 3 is 2.28 bits per heavy atom. The lowest BCUT2D eigenvalue weighted by Gasteiger charge is -2.24. The Bertz CT molecular complexity index is 636. The summed E-state index contributed by atoms with van der Waals surface area (Å²) in [7, 11) is 0. The van der Waals surface area contributed by atoms with Gasteiger partial charge in [-0.15, -0.1) is 0 Å². The van der Waals surface area contributed by atoms with Crippen molar-refractivity contribution in [3.63, 3.8) is 0 Å². The van der Waals surface area contributed by atoms with E-state index in [4.69, 9.17) is 4.74 Å². The molecule has 0 bridgehead atoms. The Kier molecular flexibility index (Phi) is 7.02. The van der Waals surface area contributed by atoms with Gasteiger partial charge in [-0.2, -0.15) is 0 Å². The molecular formula is C18H27FN2O3S. The van der Waals surface area contributed by atoms with Crippen molar-refractivity contribution in [2.45, 2.75) is 64.9 Å². The smallest absolute Gasteiger partial charge is 0.408 e. The number of nitrogens with zero attached hydrogens (tertiary/aromatic N) is 1. The molecule has 1 amide bonds. The fourth-order valence-corrected chi connectivity index (χ4v) is 2.52. The van der Waals surface area contributed by atoms with Crippen LogP contribution in [-0.4, -0.2) is 32.7 Å². The Balaban J connectivity index is 3.17. The van der Waals surface area contributed by atoms with E-state index < -0.39 is 39.7 Å². The molecule has 1 aromatic rings. The molecule has 1 N–H and O–H groups in total. The minimum atomic E-state index is -1.60. The third-order valence-electron chi connectivity index (χ3n) is 3.00. The van der Waals surface area contributed by atoms with Gasteiger partial charge in [0.05, 0.1) is 6.04 Å². The Morgan fingerprint density at radius 1 is 1.24 bits per heavy atom. The molecule has 140 valence electrons. The summed E-state index contributed by atoms with van der Waals surface area (Å²) in [6.45, 7) is 12.2. The number of rotatable bonds is 4. The summed E-state index contributed by atoms with van der Waals surface area (Å²) in [5.41, 5.74) is -0.256. The number of alkyl carbamates (subject to hydrolysis) is 1. The van der Waals surface area contributed by atoms with E-state index in [2.05, 4.69) is 9.71 Å². The fourth-order valence-electron chi connectivity index (χ4n) is 1.81. The number of carbonyl (C=O) groups excluding carboxylic acids is 1. The maximum absolute atomic E-state index is 14.2. The van der Waals surface area contributed by atoms with Crippen molar-refractivity contribution >= 4 is 23.2 Å². The standard InChI is InChI=1S/C18H27FN2O3S/c1-12(20-16(22)24-17(2,3)4)15(21-25(23)18(5,6)7)13-10-8-9-11-14(13)19/h8-12H,1-7H3,(H,20,22)/b21-15-/t12-,25?/m0/s1. The molecule has 0 heterocycles. The first-order valence-corrected chi connectivity index (χ1v) is 9.17. The van der Waals surface area contributed by atoms with Gasteiger partial charge in [-0.05, 0) is 60.6 Å². The number of halogens is 1. The average molecular weight is 370 g/mol. The first-order chi connectivity index (χ1) is 11.3. The van der Waals surface area contributed by atoms with Crippen LogP contribution < -0.4 is 5.32 Å². The quantitative estimate of drug-likeness (QED) is 0.643. The second kappa shape index (κ2) is 8.19. The Labute approximate surface area is 152 Å². The van der Waals surface area contributed by atoms with Gasteiger partial charge in [0.2, 0.25) is 0 Å². The van der Waals surface area contributed by atoms with Crippen molar-refractivity contribution in [3.8, 4) is 0 Å². The topological polar surface area (TPSA) is 73.8 Å². The van der Waals surface area contributed by atoms with Crippen molar-refractivity contribution in [3.05, 3.63) is 35.6 Å². The van der Waals surface area contributed by atoms with Crippen LogP contribution in [0.5, 0.6) is 0 Å². The Morgan fingerprint density at radius 2 is 1.80 bits per heavy atom. The van der Waals surface area contributed by atoms with Gasteiger partial charge in [-0.25, -0.2) is 9.18 Å². The van der Waals surface area contributed by atoms with Crippen LogP contribution in [0.3, 0.4) is 0 Å². The molecule has 0 aliphatic rings. The predicted octanol–water partition coefficient (Wildman–Crippen LogP) is 3.99. The number of nitrogens with one attached hydrogen (secondary N) is 1. The minimum absolute atomic E-state index is 0.198. The fraction of sp³-hybridized carbons (Fsp3) is 0.556. The number of ether oxygens (including phenoxy) is 1. The second-order valence-electron chi connectivity index (χ2n) is 7.69. The second-order valence-corrected chi connectivity index (χ2v) is 9.59. The Hall–Kier alpha value is -1.60. The van der Waals surface area contributed by atoms with Crippen molar-refractivity contribution in [2.24, 2.45) is 4.40 Å². The maximum Gasteiger partial charge on any atom is 0.408 e. The molecule has 0 fully saturated rings. The molecule has 0 aromatic heterocycles. The van der Waals surface area contributed by atoms with Gasteiger partial charge in [0.25, 0.3) is 0 Å². The monoisotopic (exact) mass is 370 g/mol. The summed E-state index contributed by atoms with van der Waals surface area (Å²) in [6.07, 6.45) is -0.648. The van der Waals surface area contributed by atoms with Gasteiger partial charge in [-0.1, -0.05) is 16.5 Å². The van der Waals surface area contributed by atoms with Crippen molar-refractivity contribution in [2.75, 3.05) is 0 Å². The largest absolute Gasteiger partial charge is 0.591 e. The lowest BCUT2D eigenvalue weighted by molar-refractivity contribution is 0.0521. The molecular weight excluding hydrogens is 343 g/mol. The highest BCUT2D eigenvalue weighted by atomic mass is 32.2. The highest BCUT2D eigenvalue weighted by molar-refractivity contribution is 7.91. The molecule has 0 spiro atoms. The highest BCUT2D eigenvalue weighted by Crippen LogP contribution is 2.20. The van der Waals surface area contributed by atoms with E-state index in [9.17, 15) is 13.7 Å². The molecule has 25 heavy (non-hydrogen) atoms. The number of hydrogen-bond donors (Lipinski definition) is 1. The van der Waals surface area contributed by atoms with Gasteiger partial charge in [0.15, 0.2) is 0 Å². The number of carbonyl (C=O) groups is 1. The van der Waals surface area contributed by atoms with Crippen LogP contribution in [0.4, 0.5) is 9.18 Å². The van der Waals surface area contributed by atoms with Crippen molar-refractivity contribution in [1.29, 1.82) is 0 Å². The minimum Gasteiger partial charge on any atom is -0.591 e. The lowest BCUT2D eigenvalue weighted by atomic mass is 10.0. The van der Waals surface area contributed by atoms with Gasteiger partial charge in [0.1, 0.15) is 33.2 Å². The number of hydrogen-bond acceptors (Lipinski definition) is 4. The molecule has 0 aliphatic heterocycles. The number of amides is 1. The van der Waals surface area contributed by atoms with Crippen molar-refractivity contribution in [1.82, 2.24) is 5.32 Å². The van der Waals surface area contributed by atoms with Crippen LogP contribution >= 0.6 is 0 Å². The van der Waals surface area contributed by atoms with Gasteiger partial charge in [0, 0.05) is 5.56 Å². The molecule has 0 saturated heterocycles. The van der Waals surface area contributed by atoms with E-state index >= 15 is 0 Å². The summed E-state index contributed by atoms with van der Waals surface area (Å²) in [5, 5.41) is 2.63. The summed E-state index contributed by atoms with van der Waals surface area (Å²) in [4.78, 5) is 12.0. The molecule has 7 heteroatoms. The van der Waals surface area contributed by atoms with E-state index in [0.29, 0.717) is 0 Å². The van der Waals surface area contributed by atoms with Crippen LogP contribution in [0.2, 0.25) is 0 Å². The molecule has 1 rings (SSSR count). The number of benzene rings is 1. The van der Waals surface area contributed by atoms with Crippen LogP contribution in [-0.2, 0) is 16.1 Å². The molecule has 0 aliphatic carbocycles. The zero-order valence-electron chi connectivity index (χ0n) is 15.8. The summed E-state index contributed by atoms with van der Waals surface area (Å²) in [5.74, 6) is -0.495. The molecule has 0 radical (unpaired) electrons. The summed E-state index contributed by atoms with van der Waals surface area (Å²) < 4.78 is 35.5. The van der Waals surface area contributed by atoms with E-state index in [0.717, 1.165) is 0 Å². The maximum atomic E-state index is 14.2.